The summed E-state index contributed by atoms with van der Waals surface area (Å²) in [6.45, 7) is 0. The maximum atomic E-state index is 12.1. The van der Waals surface area contributed by atoms with E-state index in [0.717, 1.165) is 4.88 Å². The third-order valence-corrected chi connectivity index (χ3v) is 4.03. The SMILES string of the molecule is O=C(C[C@H]1NC=Cc2ccccc21)c1cccs1. The summed E-state index contributed by atoms with van der Waals surface area (Å²) in [6.07, 6.45) is 4.47. The summed E-state index contributed by atoms with van der Waals surface area (Å²) < 4.78 is 0. The summed E-state index contributed by atoms with van der Waals surface area (Å²) in [5, 5.41) is 5.21. The van der Waals surface area contributed by atoms with Gasteiger partial charge in [-0.25, -0.2) is 0 Å². The van der Waals surface area contributed by atoms with Crippen LogP contribution in [0.15, 0.2) is 48.0 Å². The number of rotatable bonds is 3. The monoisotopic (exact) mass is 255 g/mol. The number of carbonyl (C=O) groups is 1. The van der Waals surface area contributed by atoms with Crippen LogP contribution in [0.4, 0.5) is 0 Å². The van der Waals surface area contributed by atoms with Gasteiger partial charge in [0.1, 0.15) is 0 Å². The van der Waals surface area contributed by atoms with Crippen LogP contribution >= 0.6 is 11.3 Å². The highest BCUT2D eigenvalue weighted by atomic mass is 32.1. The van der Waals surface area contributed by atoms with E-state index in [9.17, 15) is 4.79 Å². The van der Waals surface area contributed by atoms with Crippen LogP contribution in [-0.4, -0.2) is 5.78 Å². The molecule has 0 unspecified atom stereocenters. The zero-order valence-electron chi connectivity index (χ0n) is 9.80. The van der Waals surface area contributed by atoms with E-state index in [0.29, 0.717) is 6.42 Å². The maximum absolute atomic E-state index is 12.1. The Balaban J connectivity index is 1.82. The van der Waals surface area contributed by atoms with E-state index >= 15 is 0 Å². The molecule has 1 aromatic carbocycles. The van der Waals surface area contributed by atoms with Crippen LogP contribution in [-0.2, 0) is 0 Å². The van der Waals surface area contributed by atoms with Crippen molar-refractivity contribution in [2.45, 2.75) is 12.5 Å². The van der Waals surface area contributed by atoms with Crippen molar-refractivity contribution in [3.8, 4) is 0 Å². The van der Waals surface area contributed by atoms with Gasteiger partial charge in [0, 0.05) is 6.42 Å². The van der Waals surface area contributed by atoms with Crippen molar-refractivity contribution in [2.24, 2.45) is 0 Å². The molecule has 18 heavy (non-hydrogen) atoms. The lowest BCUT2D eigenvalue weighted by molar-refractivity contribution is 0.0974. The van der Waals surface area contributed by atoms with Crippen LogP contribution in [0.25, 0.3) is 6.08 Å². The molecule has 2 heterocycles. The second kappa shape index (κ2) is 4.78. The molecule has 0 amide bonds. The summed E-state index contributed by atoms with van der Waals surface area (Å²) >= 11 is 1.51. The van der Waals surface area contributed by atoms with Crippen LogP contribution in [0.3, 0.4) is 0 Å². The van der Waals surface area contributed by atoms with Gasteiger partial charge < -0.3 is 5.32 Å². The van der Waals surface area contributed by atoms with E-state index in [-0.39, 0.29) is 11.8 Å². The molecule has 0 bridgehead atoms. The number of ketones is 1. The number of benzene rings is 1. The van der Waals surface area contributed by atoms with Crippen molar-refractivity contribution in [3.05, 3.63) is 64.0 Å². The molecule has 3 rings (SSSR count). The van der Waals surface area contributed by atoms with Gasteiger partial charge in [0.05, 0.1) is 10.9 Å². The summed E-state index contributed by atoms with van der Waals surface area (Å²) in [5.74, 6) is 0.201. The molecule has 0 saturated carbocycles. The van der Waals surface area contributed by atoms with E-state index in [1.54, 1.807) is 0 Å². The zero-order chi connectivity index (χ0) is 12.4. The zero-order valence-corrected chi connectivity index (χ0v) is 10.6. The van der Waals surface area contributed by atoms with Gasteiger partial charge in [-0.1, -0.05) is 30.3 Å². The molecule has 2 nitrogen and oxygen atoms in total. The van der Waals surface area contributed by atoms with Crippen LogP contribution < -0.4 is 5.32 Å². The highest BCUT2D eigenvalue weighted by Crippen LogP contribution is 2.27. The normalized spacial score (nSPS) is 17.0. The molecular weight excluding hydrogens is 242 g/mol. The first-order valence-electron chi connectivity index (χ1n) is 5.93. The average molecular weight is 255 g/mol. The fraction of sp³-hybridized carbons (Fsp3) is 0.133. The summed E-state index contributed by atoms with van der Waals surface area (Å²) in [5.41, 5.74) is 2.39. The molecule has 1 atom stereocenters. The molecule has 0 fully saturated rings. The minimum Gasteiger partial charge on any atom is -0.384 e. The molecule has 0 radical (unpaired) electrons. The first-order chi connectivity index (χ1) is 8.84. The summed E-state index contributed by atoms with van der Waals surface area (Å²) in [6, 6.07) is 12.1. The molecule has 1 N–H and O–H groups in total. The number of hydrogen-bond acceptors (Lipinski definition) is 3. The van der Waals surface area contributed by atoms with Crippen molar-refractivity contribution in [1.82, 2.24) is 5.32 Å². The molecule has 1 aromatic heterocycles. The lowest BCUT2D eigenvalue weighted by Gasteiger charge is -2.22. The Morgan fingerprint density at radius 3 is 2.94 bits per heavy atom. The van der Waals surface area contributed by atoms with E-state index in [4.69, 9.17) is 0 Å². The highest BCUT2D eigenvalue weighted by Gasteiger charge is 2.20. The Hall–Kier alpha value is -1.87. The van der Waals surface area contributed by atoms with E-state index in [1.807, 2.05) is 41.9 Å². The molecular formula is C15H13NOS. The average Bonchev–Trinajstić information content (AvgIpc) is 2.93. The maximum Gasteiger partial charge on any atom is 0.175 e. The fourth-order valence-corrected chi connectivity index (χ4v) is 2.89. The molecule has 1 aliphatic rings. The molecule has 0 spiro atoms. The largest absolute Gasteiger partial charge is 0.384 e. The molecule has 0 saturated heterocycles. The highest BCUT2D eigenvalue weighted by molar-refractivity contribution is 7.12. The molecule has 90 valence electrons. The Kier molecular flexibility index (Phi) is 2.99. The Morgan fingerprint density at radius 1 is 1.22 bits per heavy atom. The van der Waals surface area contributed by atoms with E-state index in [2.05, 4.69) is 17.4 Å². The van der Waals surface area contributed by atoms with Gasteiger partial charge in [0.2, 0.25) is 0 Å². The van der Waals surface area contributed by atoms with Gasteiger partial charge >= 0.3 is 0 Å². The van der Waals surface area contributed by atoms with Gasteiger partial charge in [0.15, 0.2) is 5.78 Å². The standard InChI is InChI=1S/C15H13NOS/c17-14(15-6-3-9-18-15)10-13-12-5-2-1-4-11(12)7-8-16-13/h1-9,13,16H,10H2/t13-/m1/s1. The minimum absolute atomic E-state index is 0.0841. The molecule has 2 aromatic rings. The molecule has 0 aliphatic carbocycles. The van der Waals surface area contributed by atoms with Gasteiger partial charge in [0.25, 0.3) is 0 Å². The molecule has 1 aliphatic heterocycles. The van der Waals surface area contributed by atoms with Crippen molar-refractivity contribution in [3.63, 3.8) is 0 Å². The minimum atomic E-state index is 0.0841. The van der Waals surface area contributed by atoms with Crippen molar-refractivity contribution >= 4 is 23.2 Å². The number of Topliss-reactive ketones (excluding diaryl/α,β-unsaturated/α-hetero) is 1. The second-order valence-electron chi connectivity index (χ2n) is 4.29. The summed E-state index contributed by atoms with van der Waals surface area (Å²) in [4.78, 5) is 13.0. The quantitative estimate of drug-likeness (QED) is 0.848. The topological polar surface area (TPSA) is 29.1 Å². The number of hydrogen-bond donors (Lipinski definition) is 1. The number of thiophene rings is 1. The van der Waals surface area contributed by atoms with Crippen LogP contribution in [0.2, 0.25) is 0 Å². The number of fused-ring (bicyclic) bond motifs is 1. The first-order valence-corrected chi connectivity index (χ1v) is 6.81. The Labute approximate surface area is 110 Å². The summed E-state index contributed by atoms with van der Waals surface area (Å²) in [7, 11) is 0. The lowest BCUT2D eigenvalue weighted by atomic mass is 9.94. The number of nitrogens with one attached hydrogen (secondary N) is 1. The lowest BCUT2D eigenvalue weighted by Crippen LogP contribution is -2.22. The van der Waals surface area contributed by atoms with Gasteiger partial charge in [-0.05, 0) is 34.8 Å². The van der Waals surface area contributed by atoms with Crippen molar-refractivity contribution in [1.29, 1.82) is 0 Å². The van der Waals surface area contributed by atoms with E-state index < -0.39 is 0 Å². The van der Waals surface area contributed by atoms with Gasteiger partial charge in [-0.2, -0.15) is 0 Å². The van der Waals surface area contributed by atoms with Crippen LogP contribution in [0, 0.1) is 0 Å². The first kappa shape index (κ1) is 11.2. The fourth-order valence-electron chi connectivity index (χ4n) is 2.22. The third-order valence-electron chi connectivity index (χ3n) is 3.12. The van der Waals surface area contributed by atoms with Crippen LogP contribution in [0.1, 0.15) is 33.3 Å². The second-order valence-corrected chi connectivity index (χ2v) is 5.23. The van der Waals surface area contributed by atoms with Crippen molar-refractivity contribution < 1.29 is 4.79 Å². The molecule has 3 heteroatoms. The van der Waals surface area contributed by atoms with Crippen LogP contribution in [0.5, 0.6) is 0 Å². The van der Waals surface area contributed by atoms with Gasteiger partial charge in [-0.3, -0.25) is 4.79 Å². The van der Waals surface area contributed by atoms with Crippen molar-refractivity contribution in [2.75, 3.05) is 0 Å². The Morgan fingerprint density at radius 2 is 2.11 bits per heavy atom. The number of carbonyl (C=O) groups excluding carboxylic acids is 1. The predicted octanol–water partition coefficient (Wildman–Crippen LogP) is 3.64. The van der Waals surface area contributed by atoms with Gasteiger partial charge in [-0.15, -0.1) is 11.3 Å². The third kappa shape index (κ3) is 2.09. The smallest absolute Gasteiger partial charge is 0.175 e. The predicted molar refractivity (Wildman–Crippen MR) is 74.6 cm³/mol. The van der Waals surface area contributed by atoms with E-state index in [1.165, 1.54) is 22.5 Å². The Bertz CT molecular complexity index is 586.